The normalized spacial score (nSPS) is 11.1. The first kappa shape index (κ1) is 15.3. The van der Waals surface area contributed by atoms with Gasteiger partial charge in [-0.15, -0.1) is 0 Å². The molecule has 0 spiro atoms. The van der Waals surface area contributed by atoms with Crippen LogP contribution < -0.4 is 4.72 Å². The number of carbonyl (C=O) groups is 1. The van der Waals surface area contributed by atoms with Gasteiger partial charge in [-0.1, -0.05) is 0 Å². The number of nitrogens with one attached hydrogen (secondary N) is 1. The quantitative estimate of drug-likeness (QED) is 0.755. The van der Waals surface area contributed by atoms with E-state index in [0.717, 1.165) is 12.1 Å². The number of halogens is 1. The SMILES string of the molecule is O=C(O)c1ccc(NS(=O)(=O)c2cncc(Br)c2)cc1O. The fourth-order valence-corrected chi connectivity index (χ4v) is 3.08. The first-order valence-corrected chi connectivity index (χ1v) is 7.77. The Kier molecular flexibility index (Phi) is 4.14. The van der Waals surface area contributed by atoms with Crippen LogP contribution in [0.4, 0.5) is 5.69 Å². The molecule has 21 heavy (non-hydrogen) atoms. The van der Waals surface area contributed by atoms with E-state index in [1.165, 1.54) is 24.5 Å². The maximum Gasteiger partial charge on any atom is 0.339 e. The van der Waals surface area contributed by atoms with Crippen molar-refractivity contribution < 1.29 is 23.4 Å². The van der Waals surface area contributed by atoms with Crippen molar-refractivity contribution >= 4 is 37.6 Å². The highest BCUT2D eigenvalue weighted by molar-refractivity contribution is 9.10. The Hall–Kier alpha value is -2.13. The topological polar surface area (TPSA) is 117 Å². The van der Waals surface area contributed by atoms with Gasteiger partial charge in [0.05, 0.1) is 5.69 Å². The van der Waals surface area contributed by atoms with Gasteiger partial charge in [0.15, 0.2) is 0 Å². The highest BCUT2D eigenvalue weighted by Crippen LogP contribution is 2.24. The Morgan fingerprint density at radius 3 is 2.52 bits per heavy atom. The monoisotopic (exact) mass is 372 g/mol. The fourth-order valence-electron chi connectivity index (χ4n) is 1.53. The van der Waals surface area contributed by atoms with Gasteiger partial charge in [0.25, 0.3) is 10.0 Å². The van der Waals surface area contributed by atoms with Crippen molar-refractivity contribution in [3.63, 3.8) is 0 Å². The second-order valence-electron chi connectivity index (χ2n) is 3.98. The fraction of sp³-hybridized carbons (Fsp3) is 0. The zero-order valence-corrected chi connectivity index (χ0v) is 12.7. The zero-order valence-electron chi connectivity index (χ0n) is 10.3. The Morgan fingerprint density at radius 2 is 1.95 bits per heavy atom. The second-order valence-corrected chi connectivity index (χ2v) is 6.58. The molecular formula is C12H9BrN2O5S. The molecule has 7 nitrogen and oxygen atoms in total. The number of rotatable bonds is 4. The van der Waals surface area contributed by atoms with Gasteiger partial charge in [0.1, 0.15) is 16.2 Å². The average molecular weight is 373 g/mol. The van der Waals surface area contributed by atoms with Gasteiger partial charge in [-0.3, -0.25) is 9.71 Å². The lowest BCUT2D eigenvalue weighted by Crippen LogP contribution is -2.13. The molecule has 2 rings (SSSR count). The summed E-state index contributed by atoms with van der Waals surface area (Å²) in [7, 11) is -3.89. The van der Waals surface area contributed by atoms with Crippen LogP contribution >= 0.6 is 15.9 Å². The summed E-state index contributed by atoms with van der Waals surface area (Å²) >= 11 is 3.12. The van der Waals surface area contributed by atoms with Crippen LogP contribution in [0, 0.1) is 0 Å². The Morgan fingerprint density at radius 1 is 1.24 bits per heavy atom. The van der Waals surface area contributed by atoms with E-state index >= 15 is 0 Å². The van der Waals surface area contributed by atoms with Crippen molar-refractivity contribution in [3.05, 3.63) is 46.7 Å². The number of hydrogen-bond donors (Lipinski definition) is 3. The summed E-state index contributed by atoms with van der Waals surface area (Å²) < 4.78 is 27.0. The summed E-state index contributed by atoms with van der Waals surface area (Å²) in [6.07, 6.45) is 2.60. The number of aromatic nitrogens is 1. The summed E-state index contributed by atoms with van der Waals surface area (Å²) in [4.78, 5) is 14.4. The molecule has 110 valence electrons. The molecule has 0 saturated heterocycles. The lowest BCUT2D eigenvalue weighted by Gasteiger charge is -2.09. The van der Waals surface area contributed by atoms with Crippen molar-refractivity contribution in [2.45, 2.75) is 4.90 Å². The zero-order chi connectivity index (χ0) is 15.6. The smallest absolute Gasteiger partial charge is 0.339 e. The van der Waals surface area contributed by atoms with E-state index in [2.05, 4.69) is 25.6 Å². The number of hydrogen-bond acceptors (Lipinski definition) is 5. The van der Waals surface area contributed by atoms with Crippen LogP contribution in [0.3, 0.4) is 0 Å². The number of nitrogens with zero attached hydrogens (tertiary/aromatic N) is 1. The Balaban J connectivity index is 2.33. The molecule has 0 fully saturated rings. The Bertz CT molecular complexity index is 807. The van der Waals surface area contributed by atoms with Crippen LogP contribution in [0.5, 0.6) is 5.75 Å². The molecule has 0 aliphatic rings. The van der Waals surface area contributed by atoms with E-state index in [1.54, 1.807) is 0 Å². The minimum Gasteiger partial charge on any atom is -0.507 e. The van der Waals surface area contributed by atoms with E-state index in [4.69, 9.17) is 5.11 Å². The molecule has 0 aliphatic carbocycles. The first-order chi connectivity index (χ1) is 9.79. The summed E-state index contributed by atoms with van der Waals surface area (Å²) in [5, 5.41) is 18.3. The van der Waals surface area contributed by atoms with E-state index in [1.807, 2.05) is 0 Å². The van der Waals surface area contributed by atoms with Crippen LogP contribution in [0.25, 0.3) is 0 Å². The van der Waals surface area contributed by atoms with Gasteiger partial charge >= 0.3 is 5.97 Å². The van der Waals surface area contributed by atoms with Crippen molar-refractivity contribution in [2.24, 2.45) is 0 Å². The third kappa shape index (κ3) is 3.50. The van der Waals surface area contributed by atoms with Crippen LogP contribution in [0.2, 0.25) is 0 Å². The van der Waals surface area contributed by atoms with Gasteiger partial charge in [-0.2, -0.15) is 0 Å². The lowest BCUT2D eigenvalue weighted by molar-refractivity contribution is 0.0694. The number of anilines is 1. The predicted octanol–water partition coefficient (Wildman–Crippen LogP) is 2.05. The number of aromatic hydroxyl groups is 1. The number of sulfonamides is 1. The second kappa shape index (κ2) is 5.70. The molecule has 1 aromatic heterocycles. The molecule has 3 N–H and O–H groups in total. The molecule has 9 heteroatoms. The van der Waals surface area contributed by atoms with Crippen molar-refractivity contribution in [1.29, 1.82) is 0 Å². The predicted molar refractivity (Wildman–Crippen MR) is 77.8 cm³/mol. The van der Waals surface area contributed by atoms with Crippen molar-refractivity contribution in [2.75, 3.05) is 4.72 Å². The first-order valence-electron chi connectivity index (χ1n) is 5.49. The molecule has 1 heterocycles. The Labute approximate surface area is 128 Å². The highest BCUT2D eigenvalue weighted by atomic mass is 79.9. The van der Waals surface area contributed by atoms with Gasteiger partial charge in [-0.25, -0.2) is 13.2 Å². The maximum absolute atomic E-state index is 12.1. The molecule has 0 saturated carbocycles. The van der Waals surface area contributed by atoms with Crippen LogP contribution in [-0.4, -0.2) is 29.6 Å². The molecule has 0 bridgehead atoms. The molecule has 0 amide bonds. The number of pyridine rings is 1. The molecule has 0 unspecified atom stereocenters. The van der Waals surface area contributed by atoms with Gasteiger partial charge in [0.2, 0.25) is 0 Å². The summed E-state index contributed by atoms with van der Waals surface area (Å²) in [6.45, 7) is 0. The van der Waals surface area contributed by atoms with Crippen molar-refractivity contribution in [1.82, 2.24) is 4.98 Å². The molecule has 1 aromatic carbocycles. The summed E-state index contributed by atoms with van der Waals surface area (Å²) in [5.41, 5.74) is -0.278. The van der Waals surface area contributed by atoms with Crippen LogP contribution in [-0.2, 0) is 10.0 Å². The number of phenols is 1. The largest absolute Gasteiger partial charge is 0.507 e. The summed E-state index contributed by atoms with van der Waals surface area (Å²) in [5.74, 6) is -1.84. The minimum atomic E-state index is -3.89. The molecule has 0 radical (unpaired) electrons. The van der Waals surface area contributed by atoms with E-state index < -0.39 is 21.7 Å². The van der Waals surface area contributed by atoms with Crippen molar-refractivity contribution in [3.8, 4) is 5.75 Å². The minimum absolute atomic E-state index is 0.0393. The van der Waals surface area contributed by atoms with Gasteiger partial charge in [-0.05, 0) is 34.1 Å². The number of carboxylic acid groups (broad SMARTS) is 1. The molecule has 2 aromatic rings. The third-order valence-electron chi connectivity index (χ3n) is 2.47. The van der Waals surface area contributed by atoms with Crippen LogP contribution in [0.1, 0.15) is 10.4 Å². The van der Waals surface area contributed by atoms with E-state index in [-0.39, 0.29) is 16.1 Å². The highest BCUT2D eigenvalue weighted by Gasteiger charge is 2.17. The number of carboxylic acids is 1. The maximum atomic E-state index is 12.1. The lowest BCUT2D eigenvalue weighted by atomic mass is 10.2. The molecule has 0 atom stereocenters. The molecule has 0 aliphatic heterocycles. The van der Waals surface area contributed by atoms with E-state index in [0.29, 0.717) is 4.47 Å². The van der Waals surface area contributed by atoms with E-state index in [9.17, 15) is 18.3 Å². The molecular weight excluding hydrogens is 364 g/mol. The average Bonchev–Trinajstić information content (AvgIpc) is 2.37. The standard InChI is InChI=1S/C12H9BrN2O5S/c13-7-3-9(6-14-5-7)21(19,20)15-8-1-2-10(12(17)18)11(16)4-8/h1-6,15-16H,(H,17,18). The summed E-state index contributed by atoms with van der Waals surface area (Å²) in [6, 6.07) is 4.73. The number of benzene rings is 1. The van der Waals surface area contributed by atoms with Gasteiger partial charge in [0, 0.05) is 22.9 Å². The van der Waals surface area contributed by atoms with Crippen LogP contribution in [0.15, 0.2) is 46.0 Å². The van der Waals surface area contributed by atoms with Gasteiger partial charge < -0.3 is 10.2 Å². The third-order valence-corrected chi connectivity index (χ3v) is 4.25. The number of aromatic carboxylic acids is 1.